The predicted molar refractivity (Wildman–Crippen MR) is 152 cm³/mol. The van der Waals surface area contributed by atoms with Gasteiger partial charge in [-0.05, 0) is 60.1 Å². The van der Waals surface area contributed by atoms with Gasteiger partial charge in [0.05, 0.1) is 17.7 Å². The van der Waals surface area contributed by atoms with Crippen LogP contribution in [0, 0.1) is 34.0 Å². The average Bonchev–Trinajstić information content (AvgIpc) is 3.50. The van der Waals surface area contributed by atoms with Crippen LogP contribution in [0.5, 0.6) is 5.75 Å². The molecule has 3 saturated carbocycles. The van der Waals surface area contributed by atoms with Gasteiger partial charge in [-0.2, -0.15) is 0 Å². The second-order valence-corrected chi connectivity index (χ2v) is 13.3. The van der Waals surface area contributed by atoms with Crippen molar-refractivity contribution in [3.05, 3.63) is 34.9 Å². The summed E-state index contributed by atoms with van der Waals surface area (Å²) in [5.41, 5.74) is 6.06. The first-order valence-electron chi connectivity index (χ1n) is 14.3. The molecule has 4 aliphatic rings. The van der Waals surface area contributed by atoms with Crippen molar-refractivity contribution in [2.24, 2.45) is 39.7 Å². The zero-order valence-electron chi connectivity index (χ0n) is 23.9. The zero-order valence-corrected chi connectivity index (χ0v) is 24.6. The molecule has 1 heterocycles. The number of ketones is 1. The average molecular weight is 574 g/mol. The van der Waals surface area contributed by atoms with Gasteiger partial charge in [0.2, 0.25) is 0 Å². The Labute approximate surface area is 241 Å². The highest BCUT2D eigenvalue weighted by Crippen LogP contribution is 2.68. The van der Waals surface area contributed by atoms with Gasteiger partial charge in [-0.3, -0.25) is 4.79 Å². The minimum absolute atomic E-state index is 0.100. The summed E-state index contributed by atoms with van der Waals surface area (Å²) in [5.74, 6) is -0.465. The minimum Gasteiger partial charge on any atom is -0.480 e. The van der Waals surface area contributed by atoms with Crippen molar-refractivity contribution in [3.63, 3.8) is 0 Å². The quantitative estimate of drug-likeness (QED) is 0.269. The van der Waals surface area contributed by atoms with Crippen LogP contribution < -0.4 is 15.9 Å². The molecule has 0 radical (unpaired) electrons. The molecule has 218 valence electrons. The molecule has 0 spiro atoms. The predicted octanol–water partition coefficient (Wildman–Crippen LogP) is 3.30. The van der Waals surface area contributed by atoms with Crippen molar-refractivity contribution < 1.29 is 33.8 Å². The first-order valence-corrected chi connectivity index (χ1v) is 14.7. The van der Waals surface area contributed by atoms with Crippen molar-refractivity contribution in [1.82, 2.24) is 0 Å². The number of carbonyl (C=O) groups excluding carboxylic acids is 2. The Morgan fingerprint density at radius 1 is 1.35 bits per heavy atom. The van der Waals surface area contributed by atoms with E-state index >= 15 is 0 Å². The maximum atomic E-state index is 13.6. The molecule has 10 heteroatoms. The smallest absolute Gasteiger partial charge is 0.480 e. The number of benzene rings is 1. The summed E-state index contributed by atoms with van der Waals surface area (Å²) in [6, 6.07) is 1.66. The van der Waals surface area contributed by atoms with Gasteiger partial charge < -0.3 is 30.0 Å². The molecular weight excluding hydrogens is 533 g/mol. The van der Waals surface area contributed by atoms with Gasteiger partial charge in [0.25, 0.3) is 0 Å². The lowest BCUT2D eigenvalue weighted by molar-refractivity contribution is -0.207. The molecule has 3 aliphatic carbocycles. The molecule has 1 aromatic rings. The van der Waals surface area contributed by atoms with E-state index in [-0.39, 0.29) is 52.9 Å². The van der Waals surface area contributed by atoms with E-state index < -0.39 is 42.7 Å². The second-order valence-electron chi connectivity index (χ2n) is 13.0. The molecule has 5 rings (SSSR count). The first-order chi connectivity index (χ1) is 18.8. The summed E-state index contributed by atoms with van der Waals surface area (Å²) in [6.45, 7) is 12.3. The van der Waals surface area contributed by atoms with Gasteiger partial charge in [-0.15, -0.1) is 6.58 Å². The number of aliphatic hydroxyl groups is 1. The monoisotopic (exact) mass is 573 g/mol. The van der Waals surface area contributed by atoms with E-state index in [0.29, 0.717) is 23.9 Å². The third kappa shape index (κ3) is 4.27. The standard InChI is InChI=1S/C30H41BClNO7/c1-6-28(4)12-22(29(5)16(2)7-9-30(17(3)27(28)36)10-8-20(34)26(29)30)40-23(35)15-38-21-11-18(13-33)19-14-39-31(37)24(19)25(21)32/h6,11,16-17,22,26-27,36-37H,1,7-10,12-15,33H2,2-5H3/t16-,17+,22-,26+,27+,28-,29+,30+/m1/s1. The largest absolute Gasteiger partial charge is 0.493 e. The number of rotatable bonds is 6. The van der Waals surface area contributed by atoms with E-state index in [1.165, 1.54) is 0 Å². The molecule has 4 N–H and O–H groups in total. The van der Waals surface area contributed by atoms with Crippen molar-refractivity contribution in [2.45, 2.75) is 85.2 Å². The number of carbonyl (C=O) groups is 2. The fourth-order valence-electron chi connectivity index (χ4n) is 8.54. The van der Waals surface area contributed by atoms with E-state index in [1.807, 2.05) is 6.92 Å². The van der Waals surface area contributed by atoms with Gasteiger partial charge in [0, 0.05) is 35.2 Å². The fraction of sp³-hybridized carbons (Fsp3) is 0.667. The fourth-order valence-corrected chi connectivity index (χ4v) is 8.85. The summed E-state index contributed by atoms with van der Waals surface area (Å²) >= 11 is 6.53. The van der Waals surface area contributed by atoms with Crippen molar-refractivity contribution in [1.29, 1.82) is 0 Å². The lowest BCUT2D eigenvalue weighted by atomic mass is 9.44. The molecule has 0 saturated heterocycles. The molecule has 8 atom stereocenters. The summed E-state index contributed by atoms with van der Waals surface area (Å²) < 4.78 is 17.4. The van der Waals surface area contributed by atoms with Gasteiger partial charge in [-0.25, -0.2) is 4.79 Å². The third-order valence-electron chi connectivity index (χ3n) is 11.2. The number of fused-ring (bicyclic) bond motifs is 1. The van der Waals surface area contributed by atoms with Crippen LogP contribution in [0.15, 0.2) is 18.7 Å². The van der Waals surface area contributed by atoms with Gasteiger partial charge >= 0.3 is 13.1 Å². The van der Waals surface area contributed by atoms with Crippen LogP contribution in [0.3, 0.4) is 0 Å². The van der Waals surface area contributed by atoms with Gasteiger partial charge in [0.15, 0.2) is 6.61 Å². The summed E-state index contributed by atoms with van der Waals surface area (Å²) in [6.07, 6.45) is 3.72. The Morgan fingerprint density at radius 3 is 2.75 bits per heavy atom. The van der Waals surface area contributed by atoms with E-state index in [2.05, 4.69) is 27.4 Å². The van der Waals surface area contributed by atoms with Crippen molar-refractivity contribution in [3.8, 4) is 5.75 Å². The Bertz CT molecular complexity index is 1230. The van der Waals surface area contributed by atoms with E-state index in [1.54, 1.807) is 12.1 Å². The van der Waals surface area contributed by atoms with Crippen LogP contribution in [0.25, 0.3) is 0 Å². The van der Waals surface area contributed by atoms with E-state index in [0.717, 1.165) is 24.8 Å². The van der Waals surface area contributed by atoms with Gasteiger partial charge in [0.1, 0.15) is 17.6 Å². The SMILES string of the molecule is C=C[C@]1(C)C[C@@H](OC(=O)COc2cc(CN)c3c(c2Cl)B(O)OC3)[C@]2(C)[C@H](C)CC[C@]3(CCC(=O)[C@H]32)[C@@H](C)[C@@H]1O. The molecular formula is C30H41BClNO7. The topological polar surface area (TPSA) is 128 Å². The number of ether oxygens (including phenoxy) is 2. The molecule has 8 nitrogen and oxygen atoms in total. The molecule has 2 bridgehead atoms. The second kappa shape index (κ2) is 10.4. The lowest BCUT2D eigenvalue weighted by Crippen LogP contribution is -2.63. The Morgan fingerprint density at radius 2 is 2.08 bits per heavy atom. The minimum atomic E-state index is -1.19. The number of esters is 1. The Hall–Kier alpha value is -1.91. The molecule has 0 unspecified atom stereocenters. The molecule has 0 aromatic heterocycles. The van der Waals surface area contributed by atoms with E-state index in [4.69, 9.17) is 31.5 Å². The highest BCUT2D eigenvalue weighted by Gasteiger charge is 2.68. The highest BCUT2D eigenvalue weighted by atomic mass is 35.5. The first kappa shape index (κ1) is 29.6. The Balaban J connectivity index is 1.45. The molecule has 40 heavy (non-hydrogen) atoms. The van der Waals surface area contributed by atoms with E-state index in [9.17, 15) is 19.7 Å². The lowest BCUT2D eigenvalue weighted by Gasteiger charge is -2.61. The number of halogens is 1. The summed E-state index contributed by atoms with van der Waals surface area (Å²) in [5, 5.41) is 22.1. The van der Waals surface area contributed by atoms with Crippen LogP contribution in [0.1, 0.15) is 70.9 Å². The molecule has 3 fully saturated rings. The maximum absolute atomic E-state index is 13.6. The Kier molecular flexibility index (Phi) is 7.71. The van der Waals surface area contributed by atoms with Gasteiger partial charge in [-0.1, -0.05) is 45.4 Å². The number of aliphatic hydroxyl groups excluding tert-OH is 1. The summed E-state index contributed by atoms with van der Waals surface area (Å²) in [7, 11) is -1.19. The molecule has 1 aromatic carbocycles. The van der Waals surface area contributed by atoms with Crippen LogP contribution in [0.2, 0.25) is 5.02 Å². The number of Topliss-reactive ketones (excluding diaryl/α,β-unsaturated/α-hetero) is 1. The maximum Gasteiger partial charge on any atom is 0.493 e. The number of hydrogen-bond donors (Lipinski definition) is 3. The third-order valence-corrected chi connectivity index (χ3v) is 11.6. The van der Waals surface area contributed by atoms with Crippen LogP contribution in [-0.4, -0.2) is 47.8 Å². The number of nitrogens with two attached hydrogens (primary N) is 1. The van der Waals surface area contributed by atoms with Crippen molar-refractivity contribution in [2.75, 3.05) is 6.61 Å². The molecule has 1 aliphatic heterocycles. The zero-order chi connectivity index (χ0) is 29.2. The van der Waals surface area contributed by atoms with Crippen LogP contribution in [0.4, 0.5) is 0 Å². The number of hydrogen-bond acceptors (Lipinski definition) is 8. The van der Waals surface area contributed by atoms with Crippen LogP contribution in [-0.2, 0) is 32.1 Å². The normalized spacial score (nSPS) is 38.8. The summed E-state index contributed by atoms with van der Waals surface area (Å²) in [4.78, 5) is 27.0. The van der Waals surface area contributed by atoms with Crippen molar-refractivity contribution >= 4 is 35.9 Å². The van der Waals surface area contributed by atoms with Crippen LogP contribution >= 0.6 is 11.6 Å². The molecule has 0 amide bonds. The highest BCUT2D eigenvalue weighted by molar-refractivity contribution is 6.65.